The van der Waals surface area contributed by atoms with Crippen molar-refractivity contribution in [2.75, 3.05) is 0 Å². The van der Waals surface area contributed by atoms with Gasteiger partial charge < -0.3 is 5.32 Å². The third-order valence-corrected chi connectivity index (χ3v) is 4.19. The quantitative estimate of drug-likeness (QED) is 0.840. The van der Waals surface area contributed by atoms with Crippen LogP contribution in [0.15, 0.2) is 30.3 Å². The minimum absolute atomic E-state index is 0.574. The summed E-state index contributed by atoms with van der Waals surface area (Å²) in [6, 6.07) is 11.4. The van der Waals surface area contributed by atoms with E-state index < -0.39 is 0 Å². The van der Waals surface area contributed by atoms with E-state index in [4.69, 9.17) is 0 Å². The van der Waals surface area contributed by atoms with Gasteiger partial charge in [0.25, 0.3) is 0 Å². The third kappa shape index (κ3) is 2.63. The van der Waals surface area contributed by atoms with Crippen molar-refractivity contribution in [1.29, 1.82) is 0 Å². The molecule has 2 rings (SSSR count). The minimum atomic E-state index is 0.574. The van der Waals surface area contributed by atoms with Gasteiger partial charge in [0.15, 0.2) is 0 Å². The average molecular weight is 233 g/mol. The van der Waals surface area contributed by atoms with E-state index in [1.165, 1.54) is 15.0 Å². The smallest absolute Gasteiger partial charge is 0.0346 e. The maximum atomic E-state index is 3.57. The molecule has 0 aliphatic rings. The first-order valence-corrected chi connectivity index (χ1v) is 6.69. The van der Waals surface area contributed by atoms with Gasteiger partial charge in [-0.25, -0.2) is 0 Å². The molecule has 2 aromatic rings. The minimum Gasteiger partial charge on any atom is -0.309 e. The fourth-order valence-corrected chi connectivity index (χ4v) is 2.64. The summed E-state index contributed by atoms with van der Waals surface area (Å²) >= 11 is 1.89. The Hall–Kier alpha value is -0.860. The molecule has 1 unspecified atom stereocenters. The second kappa shape index (κ2) is 4.98. The number of rotatable bonds is 4. The summed E-state index contributed by atoms with van der Waals surface area (Å²) in [5, 5.41) is 4.93. The molecule has 1 atom stereocenters. The molecular formula is C14H19NS. The number of benzene rings is 1. The summed E-state index contributed by atoms with van der Waals surface area (Å²) in [6.07, 6.45) is 0. The molecule has 0 aliphatic heterocycles. The van der Waals surface area contributed by atoms with Crippen LogP contribution in [0.2, 0.25) is 0 Å². The van der Waals surface area contributed by atoms with Crippen molar-refractivity contribution >= 4 is 21.4 Å². The molecule has 1 aromatic heterocycles. The third-order valence-electron chi connectivity index (χ3n) is 3.07. The van der Waals surface area contributed by atoms with Crippen LogP contribution < -0.4 is 5.32 Å². The lowest BCUT2D eigenvalue weighted by molar-refractivity contribution is 0.428. The second-order valence-corrected chi connectivity index (χ2v) is 5.83. The van der Waals surface area contributed by atoms with E-state index in [-0.39, 0.29) is 0 Å². The van der Waals surface area contributed by atoms with Gasteiger partial charge in [-0.1, -0.05) is 32.0 Å². The van der Waals surface area contributed by atoms with Gasteiger partial charge in [0.1, 0.15) is 0 Å². The molecule has 2 heteroatoms. The molecule has 0 spiro atoms. The highest BCUT2D eigenvalue weighted by molar-refractivity contribution is 7.19. The predicted molar refractivity (Wildman–Crippen MR) is 73.0 cm³/mol. The van der Waals surface area contributed by atoms with Gasteiger partial charge in [-0.3, -0.25) is 0 Å². The van der Waals surface area contributed by atoms with Crippen LogP contribution in [-0.2, 0) is 6.54 Å². The van der Waals surface area contributed by atoms with Crippen molar-refractivity contribution in [3.05, 3.63) is 35.2 Å². The Labute approximate surface area is 101 Å². The largest absolute Gasteiger partial charge is 0.309 e. The monoisotopic (exact) mass is 233 g/mol. The average Bonchev–Trinajstić information content (AvgIpc) is 2.68. The first-order valence-electron chi connectivity index (χ1n) is 5.87. The Balaban J connectivity index is 2.05. The van der Waals surface area contributed by atoms with E-state index in [1.807, 2.05) is 11.3 Å². The van der Waals surface area contributed by atoms with Crippen LogP contribution in [0.25, 0.3) is 10.1 Å². The fraction of sp³-hybridized carbons (Fsp3) is 0.429. The van der Waals surface area contributed by atoms with Gasteiger partial charge >= 0.3 is 0 Å². The number of nitrogens with one attached hydrogen (secondary N) is 1. The summed E-state index contributed by atoms with van der Waals surface area (Å²) < 4.78 is 1.39. The van der Waals surface area contributed by atoms with Crippen LogP contribution in [0.3, 0.4) is 0 Å². The second-order valence-electron chi connectivity index (χ2n) is 4.66. The highest BCUT2D eigenvalue weighted by Crippen LogP contribution is 2.25. The lowest BCUT2D eigenvalue weighted by Gasteiger charge is -2.16. The number of hydrogen-bond donors (Lipinski definition) is 1. The van der Waals surface area contributed by atoms with E-state index in [2.05, 4.69) is 56.4 Å². The molecule has 1 heterocycles. The Bertz CT molecular complexity index is 425. The highest BCUT2D eigenvalue weighted by atomic mass is 32.1. The maximum absolute atomic E-state index is 3.57. The number of hydrogen-bond acceptors (Lipinski definition) is 2. The van der Waals surface area contributed by atoms with Crippen LogP contribution in [0, 0.1) is 5.92 Å². The Morgan fingerprint density at radius 2 is 1.94 bits per heavy atom. The maximum Gasteiger partial charge on any atom is 0.0346 e. The molecule has 16 heavy (non-hydrogen) atoms. The van der Waals surface area contributed by atoms with Crippen molar-refractivity contribution in [2.24, 2.45) is 5.92 Å². The van der Waals surface area contributed by atoms with E-state index in [1.54, 1.807) is 0 Å². The number of fused-ring (bicyclic) bond motifs is 1. The first kappa shape index (κ1) is 11.6. The van der Waals surface area contributed by atoms with E-state index in [0.29, 0.717) is 12.0 Å². The normalized spacial score (nSPS) is 13.5. The zero-order valence-electron chi connectivity index (χ0n) is 10.2. The molecule has 0 saturated carbocycles. The summed E-state index contributed by atoms with van der Waals surface area (Å²) in [7, 11) is 0. The molecule has 86 valence electrons. The Kier molecular flexibility index (Phi) is 3.62. The molecule has 0 bridgehead atoms. The van der Waals surface area contributed by atoms with Crippen molar-refractivity contribution < 1.29 is 0 Å². The van der Waals surface area contributed by atoms with Crippen molar-refractivity contribution in [2.45, 2.75) is 33.4 Å². The summed E-state index contributed by atoms with van der Waals surface area (Å²) in [6.45, 7) is 7.74. The molecule has 0 saturated heterocycles. The topological polar surface area (TPSA) is 12.0 Å². The van der Waals surface area contributed by atoms with Crippen molar-refractivity contribution in [3.63, 3.8) is 0 Å². The summed E-state index contributed by atoms with van der Waals surface area (Å²) in [5.41, 5.74) is 0. The van der Waals surface area contributed by atoms with Gasteiger partial charge in [0.2, 0.25) is 0 Å². The Morgan fingerprint density at radius 3 is 2.62 bits per heavy atom. The Morgan fingerprint density at radius 1 is 1.19 bits per heavy atom. The van der Waals surface area contributed by atoms with Crippen LogP contribution in [-0.4, -0.2) is 6.04 Å². The van der Waals surface area contributed by atoms with Crippen LogP contribution >= 0.6 is 11.3 Å². The lowest BCUT2D eigenvalue weighted by Crippen LogP contribution is -2.29. The molecule has 0 amide bonds. The fourth-order valence-electron chi connectivity index (χ4n) is 1.62. The van der Waals surface area contributed by atoms with Gasteiger partial charge in [-0.15, -0.1) is 11.3 Å². The summed E-state index contributed by atoms with van der Waals surface area (Å²) in [4.78, 5) is 1.42. The van der Waals surface area contributed by atoms with Gasteiger partial charge in [-0.2, -0.15) is 0 Å². The van der Waals surface area contributed by atoms with E-state index in [9.17, 15) is 0 Å². The van der Waals surface area contributed by atoms with E-state index in [0.717, 1.165) is 6.54 Å². The molecule has 1 aromatic carbocycles. The lowest BCUT2D eigenvalue weighted by atomic mass is 10.1. The van der Waals surface area contributed by atoms with Gasteiger partial charge in [0, 0.05) is 22.2 Å². The molecule has 1 N–H and O–H groups in total. The van der Waals surface area contributed by atoms with Crippen LogP contribution in [0.5, 0.6) is 0 Å². The first-order chi connectivity index (χ1) is 7.66. The van der Waals surface area contributed by atoms with E-state index >= 15 is 0 Å². The van der Waals surface area contributed by atoms with Gasteiger partial charge in [0.05, 0.1) is 0 Å². The van der Waals surface area contributed by atoms with Crippen LogP contribution in [0.4, 0.5) is 0 Å². The van der Waals surface area contributed by atoms with Crippen molar-refractivity contribution in [3.8, 4) is 0 Å². The molecule has 0 aliphatic carbocycles. The zero-order chi connectivity index (χ0) is 11.5. The van der Waals surface area contributed by atoms with Crippen molar-refractivity contribution in [1.82, 2.24) is 5.32 Å². The zero-order valence-corrected chi connectivity index (χ0v) is 11.0. The molecular weight excluding hydrogens is 214 g/mol. The van der Waals surface area contributed by atoms with Gasteiger partial charge in [-0.05, 0) is 30.4 Å². The number of thiophene rings is 1. The SMILES string of the molecule is CC(C)C(C)NCc1cc2ccccc2s1. The highest BCUT2D eigenvalue weighted by Gasteiger charge is 2.07. The molecule has 0 fully saturated rings. The van der Waals surface area contributed by atoms with Crippen LogP contribution in [0.1, 0.15) is 25.6 Å². The molecule has 0 radical (unpaired) electrons. The predicted octanol–water partition coefficient (Wildman–Crippen LogP) is 4.04. The standard InChI is InChI=1S/C14H19NS/c1-10(2)11(3)15-9-13-8-12-6-4-5-7-14(12)16-13/h4-8,10-11,15H,9H2,1-3H3. The molecule has 1 nitrogen and oxygen atoms in total. The summed E-state index contributed by atoms with van der Waals surface area (Å²) in [5.74, 6) is 0.689.